The van der Waals surface area contributed by atoms with Crippen molar-refractivity contribution in [3.63, 3.8) is 0 Å². The van der Waals surface area contributed by atoms with Crippen LogP contribution >= 0.6 is 11.6 Å². The quantitative estimate of drug-likeness (QED) is 0.473. The highest BCUT2D eigenvalue weighted by Gasteiger charge is 2.39. The van der Waals surface area contributed by atoms with Crippen molar-refractivity contribution < 1.29 is 9.66 Å². The maximum Gasteiger partial charge on any atom is 0.311 e. The lowest BCUT2D eigenvalue weighted by Gasteiger charge is -2.37. The molecule has 2 aromatic carbocycles. The van der Waals surface area contributed by atoms with Crippen molar-refractivity contribution in [1.82, 2.24) is 0 Å². The zero-order valence-corrected chi connectivity index (χ0v) is 14.4. The Balaban J connectivity index is 1.80. The number of hydrogen-bond donors (Lipinski definition) is 1. The zero-order chi connectivity index (χ0) is 17.6. The molecule has 4 rings (SSSR count). The molecule has 1 aliphatic carbocycles. The summed E-state index contributed by atoms with van der Waals surface area (Å²) in [6.07, 6.45) is 5.32. The molecule has 1 N–H and O–H groups in total. The van der Waals surface area contributed by atoms with Crippen LogP contribution in [0, 0.1) is 16.0 Å². The number of para-hydroxylation sites is 1. The van der Waals surface area contributed by atoms with Gasteiger partial charge in [0.05, 0.1) is 28.8 Å². The molecule has 0 aromatic heterocycles. The van der Waals surface area contributed by atoms with E-state index in [0.29, 0.717) is 10.9 Å². The summed E-state index contributed by atoms with van der Waals surface area (Å²) >= 11 is 6.40. The summed E-state index contributed by atoms with van der Waals surface area (Å²) in [6, 6.07) is 11.0. The van der Waals surface area contributed by atoms with Crippen molar-refractivity contribution in [2.45, 2.75) is 18.4 Å². The van der Waals surface area contributed by atoms with Gasteiger partial charge < -0.3 is 10.1 Å². The molecule has 1 aliphatic heterocycles. The molecule has 0 radical (unpaired) electrons. The number of nitrogens with zero attached hydrogens (tertiary/aromatic N) is 1. The molecule has 1 heterocycles. The lowest BCUT2D eigenvalue weighted by atomic mass is 9.77. The number of ether oxygens (including phenoxy) is 1. The van der Waals surface area contributed by atoms with E-state index < -0.39 is 4.92 Å². The van der Waals surface area contributed by atoms with E-state index in [2.05, 4.69) is 23.5 Å². The monoisotopic (exact) mass is 356 g/mol. The van der Waals surface area contributed by atoms with Crippen LogP contribution in [0.2, 0.25) is 5.02 Å². The van der Waals surface area contributed by atoms with Crippen LogP contribution in [-0.2, 0) is 0 Å². The predicted octanol–water partition coefficient (Wildman–Crippen LogP) is 5.08. The van der Waals surface area contributed by atoms with E-state index in [9.17, 15) is 10.1 Å². The Hall–Kier alpha value is -2.53. The van der Waals surface area contributed by atoms with E-state index in [0.717, 1.165) is 17.7 Å². The highest BCUT2D eigenvalue weighted by molar-refractivity contribution is 6.33. The zero-order valence-electron chi connectivity index (χ0n) is 13.6. The third-order valence-electron chi connectivity index (χ3n) is 5.10. The van der Waals surface area contributed by atoms with Crippen LogP contribution < -0.4 is 10.1 Å². The number of nitrogens with one attached hydrogen (secondary N) is 1. The number of fused-ring (bicyclic) bond motifs is 3. The third-order valence-corrected chi connectivity index (χ3v) is 5.42. The number of nitro benzene ring substituents is 1. The molecule has 0 unspecified atom stereocenters. The Morgan fingerprint density at radius 2 is 2.16 bits per heavy atom. The highest BCUT2D eigenvalue weighted by Crippen LogP contribution is 2.51. The molecule has 0 amide bonds. The lowest BCUT2D eigenvalue weighted by molar-refractivity contribution is -0.385. The molecular weight excluding hydrogens is 340 g/mol. The minimum Gasteiger partial charge on any atom is -0.490 e. The van der Waals surface area contributed by atoms with Crippen molar-refractivity contribution in [2.75, 3.05) is 12.4 Å². The number of allylic oxidation sites excluding steroid dienone is 2. The van der Waals surface area contributed by atoms with E-state index in [1.165, 1.54) is 12.7 Å². The molecule has 0 bridgehead atoms. The fourth-order valence-corrected chi connectivity index (χ4v) is 4.19. The normalized spacial score (nSPS) is 23.5. The summed E-state index contributed by atoms with van der Waals surface area (Å²) in [4.78, 5) is 11.0. The second kappa shape index (κ2) is 6.08. The number of methoxy groups -OCH3 is 1. The minimum absolute atomic E-state index is 0.0192. The first-order valence-corrected chi connectivity index (χ1v) is 8.52. The van der Waals surface area contributed by atoms with Crippen LogP contribution in [0.25, 0.3) is 0 Å². The summed E-state index contributed by atoms with van der Waals surface area (Å²) in [5, 5.41) is 15.6. The van der Waals surface area contributed by atoms with E-state index in [1.807, 2.05) is 18.2 Å². The fourth-order valence-electron chi connectivity index (χ4n) is 3.96. The van der Waals surface area contributed by atoms with Gasteiger partial charge in [0, 0.05) is 12.0 Å². The first-order chi connectivity index (χ1) is 12.1. The number of anilines is 1. The Labute approximate surface area is 150 Å². The summed E-state index contributed by atoms with van der Waals surface area (Å²) in [5.74, 6) is 0.837. The van der Waals surface area contributed by atoms with Gasteiger partial charge in [0.15, 0.2) is 5.75 Å². The Bertz CT molecular complexity index is 881. The highest BCUT2D eigenvalue weighted by atomic mass is 35.5. The Morgan fingerprint density at radius 1 is 1.32 bits per heavy atom. The number of rotatable bonds is 3. The molecule has 5 nitrogen and oxygen atoms in total. The summed E-state index contributed by atoms with van der Waals surface area (Å²) in [5.41, 5.74) is 2.96. The van der Waals surface area contributed by atoms with E-state index in [4.69, 9.17) is 16.3 Å². The molecule has 6 heteroatoms. The first kappa shape index (κ1) is 16.0. The van der Waals surface area contributed by atoms with Crippen LogP contribution in [0.1, 0.15) is 29.5 Å². The van der Waals surface area contributed by atoms with Gasteiger partial charge in [0.2, 0.25) is 0 Å². The smallest absolute Gasteiger partial charge is 0.311 e. The van der Waals surface area contributed by atoms with Gasteiger partial charge in [-0.05, 0) is 35.6 Å². The number of halogens is 1. The van der Waals surface area contributed by atoms with Gasteiger partial charge >= 0.3 is 5.69 Å². The first-order valence-electron chi connectivity index (χ1n) is 8.14. The van der Waals surface area contributed by atoms with E-state index >= 15 is 0 Å². The number of benzene rings is 2. The Morgan fingerprint density at radius 3 is 2.92 bits per heavy atom. The minimum atomic E-state index is -0.406. The maximum atomic E-state index is 11.4. The number of hydrogen-bond acceptors (Lipinski definition) is 4. The maximum absolute atomic E-state index is 11.4. The van der Waals surface area contributed by atoms with Crippen LogP contribution in [0.4, 0.5) is 11.4 Å². The molecule has 0 spiro atoms. The van der Waals surface area contributed by atoms with Crippen LogP contribution in [0.15, 0.2) is 48.6 Å². The summed E-state index contributed by atoms with van der Waals surface area (Å²) < 4.78 is 5.12. The lowest BCUT2D eigenvalue weighted by Crippen LogP contribution is -2.29. The third kappa shape index (κ3) is 2.55. The molecule has 128 valence electrons. The van der Waals surface area contributed by atoms with Crippen LogP contribution in [0.5, 0.6) is 5.75 Å². The standard InChI is InChI=1S/C19H17ClN2O3/c1-25-17-9-8-11(10-16(17)22(23)24)18-13-5-2-4-12(13)14-6-3-7-15(20)19(14)21-18/h2-4,6-10,12-13,18,21H,5H2,1H3/t12-,13-,18-/m0/s1. The van der Waals surface area contributed by atoms with E-state index in [1.54, 1.807) is 12.1 Å². The van der Waals surface area contributed by atoms with Gasteiger partial charge in [-0.3, -0.25) is 10.1 Å². The van der Waals surface area contributed by atoms with Gasteiger partial charge in [0.25, 0.3) is 0 Å². The van der Waals surface area contributed by atoms with Crippen molar-refractivity contribution >= 4 is 23.0 Å². The molecule has 0 fully saturated rings. The van der Waals surface area contributed by atoms with Gasteiger partial charge in [-0.1, -0.05) is 42.0 Å². The topological polar surface area (TPSA) is 64.4 Å². The molecule has 3 atom stereocenters. The molecule has 2 aromatic rings. The van der Waals surface area contributed by atoms with Gasteiger partial charge in [-0.15, -0.1) is 0 Å². The molecule has 0 saturated carbocycles. The fraction of sp³-hybridized carbons (Fsp3) is 0.263. The SMILES string of the molecule is COc1ccc([C@@H]2Nc3c(Cl)cccc3[C@H]3C=CC[C@@H]32)cc1[N+](=O)[O-]. The molecule has 25 heavy (non-hydrogen) atoms. The molecular formula is C19H17ClN2O3. The van der Waals surface area contributed by atoms with Gasteiger partial charge in [0.1, 0.15) is 0 Å². The van der Waals surface area contributed by atoms with Gasteiger partial charge in [-0.2, -0.15) is 0 Å². The van der Waals surface area contributed by atoms with Crippen LogP contribution in [0.3, 0.4) is 0 Å². The molecule has 2 aliphatic rings. The van der Waals surface area contributed by atoms with Crippen molar-refractivity contribution in [1.29, 1.82) is 0 Å². The van der Waals surface area contributed by atoms with E-state index in [-0.39, 0.29) is 23.4 Å². The average molecular weight is 357 g/mol. The Kier molecular flexibility index (Phi) is 3.88. The predicted molar refractivity (Wildman–Crippen MR) is 97.5 cm³/mol. The summed E-state index contributed by atoms with van der Waals surface area (Å²) in [7, 11) is 1.44. The number of nitro groups is 1. The van der Waals surface area contributed by atoms with Crippen molar-refractivity contribution in [3.8, 4) is 5.75 Å². The largest absolute Gasteiger partial charge is 0.490 e. The van der Waals surface area contributed by atoms with Crippen molar-refractivity contribution in [3.05, 3.63) is 74.8 Å². The average Bonchev–Trinajstić information content (AvgIpc) is 3.11. The summed E-state index contributed by atoms with van der Waals surface area (Å²) in [6.45, 7) is 0. The van der Waals surface area contributed by atoms with Crippen LogP contribution in [-0.4, -0.2) is 12.0 Å². The van der Waals surface area contributed by atoms with Crippen molar-refractivity contribution in [2.24, 2.45) is 5.92 Å². The second-order valence-corrected chi connectivity index (χ2v) is 6.78. The van der Waals surface area contributed by atoms with Gasteiger partial charge in [-0.25, -0.2) is 0 Å². The second-order valence-electron chi connectivity index (χ2n) is 6.37. The molecule has 0 saturated heterocycles.